The Bertz CT molecular complexity index is 634. The molecule has 0 bridgehead atoms. The molecule has 0 fully saturated rings. The van der Waals surface area contributed by atoms with Crippen LogP contribution in [-0.2, 0) is 13.1 Å². The van der Waals surface area contributed by atoms with Crippen molar-refractivity contribution >= 4 is 17.3 Å². The SMILES string of the molecule is NC(=O)c1cccc(N2CCn3ccnc3C2)c1N. The summed E-state index contributed by atoms with van der Waals surface area (Å²) in [5.74, 6) is 0.494. The molecule has 1 aliphatic rings. The molecule has 0 radical (unpaired) electrons. The van der Waals surface area contributed by atoms with Crippen molar-refractivity contribution in [3.05, 3.63) is 42.0 Å². The minimum atomic E-state index is -0.502. The molecule has 6 heteroatoms. The molecule has 1 amide bonds. The van der Waals surface area contributed by atoms with Gasteiger partial charge in [0.05, 0.1) is 23.5 Å². The number of carbonyl (C=O) groups is 1. The second-order valence-corrected chi connectivity index (χ2v) is 4.56. The Kier molecular flexibility index (Phi) is 2.63. The number of aromatic nitrogens is 2. The summed E-state index contributed by atoms with van der Waals surface area (Å²) in [6, 6.07) is 5.35. The lowest BCUT2D eigenvalue weighted by Crippen LogP contribution is -2.34. The zero-order valence-corrected chi connectivity index (χ0v) is 10.4. The summed E-state index contributed by atoms with van der Waals surface area (Å²) in [6.45, 7) is 2.37. The molecule has 98 valence electrons. The minimum absolute atomic E-state index is 0.367. The molecule has 3 rings (SSSR count). The molecule has 0 spiro atoms. The van der Waals surface area contributed by atoms with Crippen molar-refractivity contribution in [3.8, 4) is 0 Å². The van der Waals surface area contributed by atoms with E-state index in [0.29, 0.717) is 17.8 Å². The maximum Gasteiger partial charge on any atom is 0.250 e. The summed E-state index contributed by atoms with van der Waals surface area (Å²) >= 11 is 0. The van der Waals surface area contributed by atoms with Gasteiger partial charge in [-0.15, -0.1) is 0 Å². The van der Waals surface area contributed by atoms with Gasteiger partial charge in [0.2, 0.25) is 0 Å². The van der Waals surface area contributed by atoms with Gasteiger partial charge in [0, 0.05) is 25.5 Å². The molecule has 1 aromatic heterocycles. The fraction of sp³-hybridized carbons (Fsp3) is 0.231. The highest BCUT2D eigenvalue weighted by molar-refractivity contribution is 6.00. The summed E-state index contributed by atoms with van der Waals surface area (Å²) in [5.41, 5.74) is 13.0. The topological polar surface area (TPSA) is 90.2 Å². The molecule has 2 aromatic rings. The number of nitrogens with zero attached hydrogens (tertiary/aromatic N) is 3. The van der Waals surface area contributed by atoms with Gasteiger partial charge in [-0.05, 0) is 12.1 Å². The number of primary amides is 1. The molecule has 0 unspecified atom stereocenters. The molecule has 19 heavy (non-hydrogen) atoms. The smallest absolute Gasteiger partial charge is 0.250 e. The second kappa shape index (κ2) is 4.31. The lowest BCUT2D eigenvalue weighted by molar-refractivity contribution is 0.100. The molecule has 0 saturated heterocycles. The number of amides is 1. The number of para-hydroxylation sites is 1. The van der Waals surface area contributed by atoms with Crippen LogP contribution in [0.15, 0.2) is 30.6 Å². The predicted molar refractivity (Wildman–Crippen MR) is 72.6 cm³/mol. The maximum atomic E-state index is 11.3. The van der Waals surface area contributed by atoms with Gasteiger partial charge in [-0.3, -0.25) is 4.79 Å². The van der Waals surface area contributed by atoms with Gasteiger partial charge in [-0.2, -0.15) is 0 Å². The van der Waals surface area contributed by atoms with Crippen molar-refractivity contribution in [1.82, 2.24) is 9.55 Å². The molecule has 4 N–H and O–H groups in total. The van der Waals surface area contributed by atoms with Crippen LogP contribution < -0.4 is 16.4 Å². The summed E-state index contributed by atoms with van der Waals surface area (Å²) in [6.07, 6.45) is 3.76. The van der Waals surface area contributed by atoms with Crippen molar-refractivity contribution in [1.29, 1.82) is 0 Å². The standard InChI is InChI=1S/C13H15N5O/c14-12-9(13(15)19)2-1-3-10(12)18-7-6-17-5-4-16-11(17)8-18/h1-5H,6-8,14H2,(H2,15,19). The molecular formula is C13H15N5O. The molecule has 1 aromatic carbocycles. The summed E-state index contributed by atoms with van der Waals surface area (Å²) in [7, 11) is 0. The Morgan fingerprint density at radius 2 is 2.16 bits per heavy atom. The number of hydrogen-bond donors (Lipinski definition) is 2. The third kappa shape index (κ3) is 1.91. The van der Waals surface area contributed by atoms with E-state index in [1.165, 1.54) is 0 Å². The van der Waals surface area contributed by atoms with E-state index in [4.69, 9.17) is 11.5 Å². The van der Waals surface area contributed by atoms with Crippen LogP contribution in [0.2, 0.25) is 0 Å². The van der Waals surface area contributed by atoms with Crippen LogP contribution in [0.25, 0.3) is 0 Å². The van der Waals surface area contributed by atoms with Crippen molar-refractivity contribution in [2.24, 2.45) is 5.73 Å². The number of hydrogen-bond acceptors (Lipinski definition) is 4. The normalized spacial score (nSPS) is 14.2. The zero-order chi connectivity index (χ0) is 13.4. The van der Waals surface area contributed by atoms with E-state index in [2.05, 4.69) is 14.5 Å². The number of rotatable bonds is 2. The van der Waals surface area contributed by atoms with Crippen LogP contribution >= 0.6 is 0 Å². The van der Waals surface area contributed by atoms with Crippen LogP contribution in [0, 0.1) is 0 Å². The number of nitrogen functional groups attached to an aromatic ring is 1. The molecule has 0 atom stereocenters. The minimum Gasteiger partial charge on any atom is -0.396 e. The predicted octanol–water partition coefficient (Wildman–Crippen LogP) is 0.584. The number of fused-ring (bicyclic) bond motifs is 1. The van der Waals surface area contributed by atoms with Crippen molar-refractivity contribution < 1.29 is 4.79 Å². The van der Waals surface area contributed by atoms with E-state index in [1.807, 2.05) is 12.3 Å². The Balaban J connectivity index is 1.96. The van der Waals surface area contributed by atoms with Crippen LogP contribution in [0.5, 0.6) is 0 Å². The first-order valence-electron chi connectivity index (χ1n) is 6.10. The molecular weight excluding hydrogens is 242 g/mol. The van der Waals surface area contributed by atoms with Crippen LogP contribution in [0.4, 0.5) is 11.4 Å². The van der Waals surface area contributed by atoms with Crippen LogP contribution in [0.3, 0.4) is 0 Å². The van der Waals surface area contributed by atoms with E-state index in [9.17, 15) is 4.79 Å². The van der Waals surface area contributed by atoms with Crippen molar-refractivity contribution in [2.75, 3.05) is 17.2 Å². The molecule has 1 aliphatic heterocycles. The summed E-state index contributed by atoms with van der Waals surface area (Å²) in [4.78, 5) is 17.7. The van der Waals surface area contributed by atoms with Gasteiger partial charge >= 0.3 is 0 Å². The van der Waals surface area contributed by atoms with Crippen molar-refractivity contribution in [2.45, 2.75) is 13.1 Å². The van der Waals surface area contributed by atoms with Gasteiger partial charge in [0.15, 0.2) is 0 Å². The quantitative estimate of drug-likeness (QED) is 0.770. The summed E-state index contributed by atoms with van der Waals surface area (Å²) < 4.78 is 2.12. The molecule has 6 nitrogen and oxygen atoms in total. The fourth-order valence-corrected chi connectivity index (χ4v) is 2.42. The van der Waals surface area contributed by atoms with E-state index in [0.717, 1.165) is 24.6 Å². The number of anilines is 2. The van der Waals surface area contributed by atoms with E-state index < -0.39 is 5.91 Å². The Morgan fingerprint density at radius 3 is 2.95 bits per heavy atom. The van der Waals surface area contributed by atoms with Gasteiger partial charge < -0.3 is 20.9 Å². The fourth-order valence-electron chi connectivity index (χ4n) is 2.42. The van der Waals surface area contributed by atoms with Gasteiger partial charge in [0.25, 0.3) is 5.91 Å². The Labute approximate surface area is 110 Å². The van der Waals surface area contributed by atoms with Gasteiger partial charge in [0.1, 0.15) is 5.82 Å². The highest BCUT2D eigenvalue weighted by Gasteiger charge is 2.20. The lowest BCUT2D eigenvalue weighted by Gasteiger charge is -2.30. The Morgan fingerprint density at radius 1 is 1.32 bits per heavy atom. The van der Waals surface area contributed by atoms with E-state index >= 15 is 0 Å². The number of imidazole rings is 1. The average Bonchev–Trinajstić information content (AvgIpc) is 2.85. The van der Waals surface area contributed by atoms with Crippen LogP contribution in [-0.4, -0.2) is 22.0 Å². The molecule has 2 heterocycles. The highest BCUT2D eigenvalue weighted by Crippen LogP contribution is 2.29. The van der Waals surface area contributed by atoms with Gasteiger partial charge in [-0.1, -0.05) is 6.07 Å². The van der Waals surface area contributed by atoms with E-state index in [-0.39, 0.29) is 0 Å². The second-order valence-electron chi connectivity index (χ2n) is 4.56. The van der Waals surface area contributed by atoms with Crippen LogP contribution in [0.1, 0.15) is 16.2 Å². The zero-order valence-electron chi connectivity index (χ0n) is 10.4. The monoisotopic (exact) mass is 257 g/mol. The van der Waals surface area contributed by atoms with E-state index in [1.54, 1.807) is 18.3 Å². The number of carbonyl (C=O) groups excluding carboxylic acids is 1. The first-order chi connectivity index (χ1) is 9.16. The summed E-state index contributed by atoms with van der Waals surface area (Å²) in [5, 5.41) is 0. The third-order valence-electron chi connectivity index (χ3n) is 3.43. The number of nitrogens with two attached hydrogens (primary N) is 2. The average molecular weight is 257 g/mol. The highest BCUT2D eigenvalue weighted by atomic mass is 16.1. The van der Waals surface area contributed by atoms with Crippen molar-refractivity contribution in [3.63, 3.8) is 0 Å². The maximum absolute atomic E-state index is 11.3. The first kappa shape index (κ1) is 11.6. The molecule has 0 saturated carbocycles. The Hall–Kier alpha value is -2.50. The lowest BCUT2D eigenvalue weighted by atomic mass is 10.1. The third-order valence-corrected chi connectivity index (χ3v) is 3.43. The first-order valence-corrected chi connectivity index (χ1v) is 6.10. The van der Waals surface area contributed by atoms with Gasteiger partial charge in [-0.25, -0.2) is 4.98 Å². The largest absolute Gasteiger partial charge is 0.396 e. The molecule has 0 aliphatic carbocycles. The number of benzene rings is 1.